The summed E-state index contributed by atoms with van der Waals surface area (Å²) in [5.41, 5.74) is -0.540. The number of carbonyl (C=O) groups excluding carboxylic acids is 1. The second-order valence-corrected chi connectivity index (χ2v) is 5.41. The van der Waals surface area contributed by atoms with Crippen molar-refractivity contribution >= 4 is 5.97 Å². The molecule has 2 aromatic rings. The molecule has 2 rings (SSSR count). The van der Waals surface area contributed by atoms with Gasteiger partial charge in [-0.1, -0.05) is 12.1 Å². The number of esters is 1. The Hall–Kier alpha value is -2.78. The zero-order valence-electron chi connectivity index (χ0n) is 13.3. The Balaban J connectivity index is 2.36. The average Bonchev–Trinajstić information content (AvgIpc) is 2.61. The van der Waals surface area contributed by atoms with Gasteiger partial charge in [0.15, 0.2) is 0 Å². The van der Waals surface area contributed by atoms with Crippen molar-refractivity contribution in [3.63, 3.8) is 0 Å². The molecule has 0 amide bonds. The van der Waals surface area contributed by atoms with Crippen molar-refractivity contribution in [2.75, 3.05) is 7.11 Å². The lowest BCUT2D eigenvalue weighted by Gasteiger charge is -2.29. The number of nitrogens with zero attached hydrogens (tertiary/aromatic N) is 1. The lowest BCUT2D eigenvalue weighted by atomic mass is 9.91. The van der Waals surface area contributed by atoms with Crippen LogP contribution in [0.5, 0.6) is 0 Å². The van der Waals surface area contributed by atoms with Crippen molar-refractivity contribution in [1.82, 2.24) is 5.32 Å². The normalized spacial score (nSPS) is 13.0. The number of carbonyl (C=O) groups is 1. The summed E-state index contributed by atoms with van der Waals surface area (Å²) in [7, 11) is 1.18. The summed E-state index contributed by atoms with van der Waals surface area (Å²) >= 11 is 0. The molecule has 0 saturated heterocycles. The molecule has 0 aliphatic carbocycles. The van der Waals surface area contributed by atoms with E-state index in [-0.39, 0.29) is 12.1 Å². The van der Waals surface area contributed by atoms with Crippen molar-refractivity contribution in [2.45, 2.75) is 19.0 Å². The molecule has 2 aromatic carbocycles. The van der Waals surface area contributed by atoms with E-state index in [1.807, 2.05) is 6.07 Å². The molecule has 6 heteroatoms. The van der Waals surface area contributed by atoms with Gasteiger partial charge in [-0.2, -0.15) is 5.26 Å². The number of hydrogen-bond acceptors (Lipinski definition) is 4. The van der Waals surface area contributed by atoms with E-state index in [2.05, 4.69) is 5.32 Å². The first kappa shape index (κ1) is 17.6. The molecule has 0 spiro atoms. The number of halogens is 2. The van der Waals surface area contributed by atoms with Crippen LogP contribution in [0.25, 0.3) is 0 Å². The van der Waals surface area contributed by atoms with Gasteiger partial charge in [-0.3, -0.25) is 5.32 Å². The quantitative estimate of drug-likeness (QED) is 0.856. The molecule has 0 heterocycles. The Labute approximate surface area is 138 Å². The summed E-state index contributed by atoms with van der Waals surface area (Å²) in [6.07, 6.45) is 0. The number of hydrogen-bond donors (Lipinski definition) is 1. The molecule has 0 bridgehead atoms. The minimum absolute atomic E-state index is 0.147. The Morgan fingerprint density at radius 2 is 2.04 bits per heavy atom. The van der Waals surface area contributed by atoms with E-state index in [4.69, 9.17) is 10.00 Å². The fourth-order valence-electron chi connectivity index (χ4n) is 2.39. The molecule has 0 saturated carbocycles. The smallest absolute Gasteiger partial charge is 0.330 e. The van der Waals surface area contributed by atoms with Gasteiger partial charge in [-0.15, -0.1) is 0 Å². The monoisotopic (exact) mass is 330 g/mol. The number of nitrogens with one attached hydrogen (secondary N) is 1. The molecule has 1 N–H and O–H groups in total. The second-order valence-electron chi connectivity index (χ2n) is 5.41. The van der Waals surface area contributed by atoms with Crippen molar-refractivity contribution in [1.29, 1.82) is 5.26 Å². The van der Waals surface area contributed by atoms with Crippen molar-refractivity contribution in [2.24, 2.45) is 0 Å². The van der Waals surface area contributed by atoms with E-state index in [0.29, 0.717) is 5.56 Å². The lowest BCUT2D eigenvalue weighted by Crippen LogP contribution is -2.47. The summed E-state index contributed by atoms with van der Waals surface area (Å²) in [6.45, 7) is 1.59. The maximum Gasteiger partial charge on any atom is 0.330 e. The van der Waals surface area contributed by atoms with E-state index in [9.17, 15) is 13.6 Å². The molecule has 0 aromatic heterocycles. The summed E-state index contributed by atoms with van der Waals surface area (Å²) in [6, 6.07) is 11.7. The highest BCUT2D eigenvalue weighted by Crippen LogP contribution is 2.26. The van der Waals surface area contributed by atoms with Gasteiger partial charge in [-0.05, 0) is 42.8 Å². The van der Waals surface area contributed by atoms with Gasteiger partial charge in [0.05, 0.1) is 18.7 Å². The maximum absolute atomic E-state index is 14.1. The van der Waals surface area contributed by atoms with E-state index in [1.165, 1.54) is 14.0 Å². The Bertz CT molecular complexity index is 802. The van der Waals surface area contributed by atoms with Crippen LogP contribution in [0.1, 0.15) is 23.6 Å². The minimum atomic E-state index is -1.58. The Morgan fingerprint density at radius 3 is 2.71 bits per heavy atom. The topological polar surface area (TPSA) is 62.1 Å². The lowest BCUT2D eigenvalue weighted by molar-refractivity contribution is -0.148. The van der Waals surface area contributed by atoms with Crippen LogP contribution in [0.3, 0.4) is 0 Å². The van der Waals surface area contributed by atoms with Crippen LogP contribution in [-0.4, -0.2) is 13.1 Å². The molecule has 24 heavy (non-hydrogen) atoms. The van der Waals surface area contributed by atoms with Crippen LogP contribution in [0.2, 0.25) is 0 Å². The highest BCUT2D eigenvalue weighted by Gasteiger charge is 2.38. The Morgan fingerprint density at radius 1 is 1.29 bits per heavy atom. The largest absolute Gasteiger partial charge is 0.467 e. The van der Waals surface area contributed by atoms with Gasteiger partial charge in [0.2, 0.25) is 0 Å². The van der Waals surface area contributed by atoms with Crippen LogP contribution in [0.15, 0.2) is 42.5 Å². The van der Waals surface area contributed by atoms with E-state index in [1.54, 1.807) is 24.3 Å². The maximum atomic E-state index is 14.1. The molecular formula is C18H16F2N2O2. The summed E-state index contributed by atoms with van der Waals surface area (Å²) < 4.78 is 32.4. The summed E-state index contributed by atoms with van der Waals surface area (Å²) in [5.74, 6) is -2.12. The molecule has 0 aliphatic rings. The highest BCUT2D eigenvalue weighted by atomic mass is 19.1. The number of methoxy groups -OCH3 is 1. The molecule has 1 unspecified atom stereocenters. The molecule has 124 valence electrons. The number of nitriles is 1. The van der Waals surface area contributed by atoms with Crippen LogP contribution in [-0.2, 0) is 21.6 Å². The molecule has 4 nitrogen and oxygen atoms in total. The first-order valence-corrected chi connectivity index (χ1v) is 7.18. The van der Waals surface area contributed by atoms with Gasteiger partial charge in [-0.25, -0.2) is 13.6 Å². The van der Waals surface area contributed by atoms with Crippen molar-refractivity contribution in [3.05, 3.63) is 70.8 Å². The first-order chi connectivity index (χ1) is 11.4. The molecule has 0 fully saturated rings. The average molecular weight is 330 g/mol. The first-order valence-electron chi connectivity index (χ1n) is 7.18. The fraction of sp³-hybridized carbons (Fsp3) is 0.222. The van der Waals surface area contributed by atoms with Gasteiger partial charge in [0.25, 0.3) is 0 Å². The summed E-state index contributed by atoms with van der Waals surface area (Å²) in [5, 5.41) is 11.8. The molecule has 1 atom stereocenters. The number of rotatable bonds is 5. The van der Waals surface area contributed by atoms with Crippen LogP contribution in [0.4, 0.5) is 8.78 Å². The Kier molecular flexibility index (Phi) is 5.27. The van der Waals surface area contributed by atoms with Crippen LogP contribution in [0, 0.1) is 23.0 Å². The second kappa shape index (κ2) is 7.20. The summed E-state index contributed by atoms with van der Waals surface area (Å²) in [4.78, 5) is 12.2. The van der Waals surface area contributed by atoms with E-state index >= 15 is 0 Å². The number of ether oxygens (including phenoxy) is 1. The standard InChI is InChI=1S/C18H16F2N2O2/c1-18(17(23)24-2,15-9-14(19)6-7-16(15)20)22-11-13-5-3-4-12(8-13)10-21/h3-9,22H,11H2,1-2H3. The van der Waals surface area contributed by atoms with Crippen LogP contribution < -0.4 is 5.32 Å². The third kappa shape index (κ3) is 3.58. The molecular weight excluding hydrogens is 314 g/mol. The zero-order chi connectivity index (χ0) is 17.7. The van der Waals surface area contributed by atoms with E-state index < -0.39 is 23.1 Å². The SMILES string of the molecule is COC(=O)C(C)(NCc1cccc(C#N)c1)c1cc(F)ccc1F. The van der Waals surface area contributed by atoms with E-state index in [0.717, 1.165) is 23.8 Å². The van der Waals surface area contributed by atoms with Gasteiger partial charge < -0.3 is 4.74 Å². The third-order valence-electron chi connectivity index (χ3n) is 3.76. The van der Waals surface area contributed by atoms with Crippen molar-refractivity contribution in [3.8, 4) is 6.07 Å². The van der Waals surface area contributed by atoms with Gasteiger partial charge >= 0.3 is 5.97 Å². The van der Waals surface area contributed by atoms with Gasteiger partial charge in [0.1, 0.15) is 17.2 Å². The van der Waals surface area contributed by atoms with Crippen LogP contribution >= 0.6 is 0 Å². The van der Waals surface area contributed by atoms with Gasteiger partial charge in [0, 0.05) is 12.1 Å². The molecule has 0 aliphatic heterocycles. The fourth-order valence-corrected chi connectivity index (χ4v) is 2.39. The minimum Gasteiger partial charge on any atom is -0.467 e. The predicted molar refractivity (Wildman–Crippen MR) is 83.7 cm³/mol. The predicted octanol–water partition coefficient (Wildman–Crippen LogP) is 3.01. The highest BCUT2D eigenvalue weighted by molar-refractivity contribution is 5.82. The number of benzene rings is 2. The third-order valence-corrected chi connectivity index (χ3v) is 3.76. The zero-order valence-corrected chi connectivity index (χ0v) is 13.3. The van der Waals surface area contributed by atoms with Crippen molar-refractivity contribution < 1.29 is 18.3 Å². The molecule has 0 radical (unpaired) electrons.